The molecule has 8 N–H and O–H groups in total. The summed E-state index contributed by atoms with van der Waals surface area (Å²) < 4.78 is 0. The van der Waals surface area contributed by atoms with Crippen molar-refractivity contribution in [2.45, 2.75) is 88.9 Å². The van der Waals surface area contributed by atoms with E-state index in [4.69, 9.17) is 20.4 Å². The highest BCUT2D eigenvalue weighted by atomic mass is 16.4. The molecule has 2 aliphatic heterocycles. The van der Waals surface area contributed by atoms with E-state index in [1.807, 2.05) is 0 Å². The van der Waals surface area contributed by atoms with Crippen LogP contribution in [0.25, 0.3) is 0 Å². The van der Waals surface area contributed by atoms with E-state index >= 15 is 0 Å². The fraction of sp³-hybridized carbons (Fsp3) is 0.435. The average Bonchev–Trinajstić information content (AvgIpc) is 3.24. The van der Waals surface area contributed by atoms with Crippen LogP contribution in [0.2, 0.25) is 0 Å². The van der Waals surface area contributed by atoms with Crippen LogP contribution in [-0.4, -0.2) is 113 Å². The van der Waals surface area contributed by atoms with E-state index in [2.05, 4.69) is 84.3 Å². The lowest BCUT2D eigenvalue weighted by Crippen LogP contribution is -2.43. The SMILES string of the molecule is CC(C(O)c1ccc(O)cc1)N1CCC(Cc2ccccc2)CC1.CC(C(O)c1ccc(O)cc1)N1CCC(Cc2ccccc2)CC1.O=C(O)[C@@H](O)[C@@H](O)C(=O)O. The highest BCUT2D eigenvalue weighted by Crippen LogP contribution is 2.30. The van der Waals surface area contributed by atoms with Crippen molar-refractivity contribution < 1.29 is 50.4 Å². The number of rotatable bonds is 13. The predicted molar refractivity (Wildman–Crippen MR) is 221 cm³/mol. The lowest BCUT2D eigenvalue weighted by Gasteiger charge is -2.38. The van der Waals surface area contributed by atoms with Gasteiger partial charge in [0.15, 0.2) is 12.2 Å². The van der Waals surface area contributed by atoms with Crippen LogP contribution in [0.1, 0.15) is 74.0 Å². The van der Waals surface area contributed by atoms with Gasteiger partial charge in [-0.25, -0.2) is 9.59 Å². The number of carboxylic acid groups (broad SMARTS) is 2. The summed E-state index contributed by atoms with van der Waals surface area (Å²) in [7, 11) is 0. The molecular formula is C46H60N2O10. The highest BCUT2D eigenvalue weighted by Gasteiger charge is 2.30. The number of phenolic OH excluding ortho intramolecular Hbond substituents is 2. The topological polar surface area (TPSA) is 202 Å². The van der Waals surface area contributed by atoms with E-state index < -0.39 is 36.4 Å². The summed E-state index contributed by atoms with van der Waals surface area (Å²) in [5.41, 5.74) is 4.58. The maximum Gasteiger partial charge on any atom is 0.335 e. The molecule has 6 atom stereocenters. The van der Waals surface area contributed by atoms with Crippen LogP contribution in [0, 0.1) is 11.8 Å². The fourth-order valence-corrected chi connectivity index (χ4v) is 7.59. The normalized spacial score (nSPS) is 18.5. The van der Waals surface area contributed by atoms with Crippen LogP contribution in [-0.2, 0) is 22.4 Å². The summed E-state index contributed by atoms with van der Waals surface area (Å²) in [6, 6.07) is 35.4. The summed E-state index contributed by atoms with van der Waals surface area (Å²) in [6.45, 7) is 8.33. The number of aliphatic hydroxyl groups excluding tert-OH is 4. The van der Waals surface area contributed by atoms with E-state index in [9.17, 15) is 30.0 Å². The molecule has 2 fully saturated rings. The third-order valence-electron chi connectivity index (χ3n) is 11.4. The summed E-state index contributed by atoms with van der Waals surface area (Å²) in [5, 5.41) is 72.5. The van der Waals surface area contributed by atoms with Gasteiger partial charge in [0.05, 0.1) is 12.2 Å². The summed E-state index contributed by atoms with van der Waals surface area (Å²) in [5.74, 6) is -1.59. The van der Waals surface area contributed by atoms with E-state index in [0.29, 0.717) is 0 Å². The molecule has 12 heteroatoms. The van der Waals surface area contributed by atoms with Crippen LogP contribution in [0.15, 0.2) is 109 Å². The van der Waals surface area contributed by atoms with Gasteiger partial charge in [0, 0.05) is 12.1 Å². The minimum atomic E-state index is -2.27. The zero-order chi connectivity index (χ0) is 42.2. The molecule has 4 aromatic rings. The summed E-state index contributed by atoms with van der Waals surface area (Å²) in [6.07, 6.45) is 1.47. The molecule has 314 valence electrons. The van der Waals surface area contributed by atoms with Crippen molar-refractivity contribution in [3.63, 3.8) is 0 Å². The van der Waals surface area contributed by atoms with Crippen LogP contribution in [0.4, 0.5) is 0 Å². The number of benzene rings is 4. The molecule has 6 rings (SSSR count). The number of carboxylic acids is 2. The number of aliphatic hydroxyl groups is 4. The van der Waals surface area contributed by atoms with Gasteiger partial charge in [-0.3, -0.25) is 9.80 Å². The molecule has 4 unspecified atom stereocenters. The number of likely N-dealkylation sites (tertiary alicyclic amines) is 2. The smallest absolute Gasteiger partial charge is 0.335 e. The first-order valence-corrected chi connectivity index (χ1v) is 20.0. The maximum atomic E-state index is 10.6. The Kier molecular flexibility index (Phi) is 18.1. The molecule has 0 aliphatic carbocycles. The largest absolute Gasteiger partial charge is 0.508 e. The molecule has 0 saturated carbocycles. The lowest BCUT2D eigenvalue weighted by molar-refractivity contribution is -0.165. The summed E-state index contributed by atoms with van der Waals surface area (Å²) in [4.78, 5) is 24.3. The van der Waals surface area contributed by atoms with Crippen molar-refractivity contribution >= 4 is 11.9 Å². The lowest BCUT2D eigenvalue weighted by atomic mass is 9.89. The van der Waals surface area contributed by atoms with Crippen molar-refractivity contribution in [2.75, 3.05) is 26.2 Å². The van der Waals surface area contributed by atoms with Crippen LogP contribution in [0.3, 0.4) is 0 Å². The Morgan fingerprint density at radius 2 is 0.810 bits per heavy atom. The molecule has 2 aliphatic rings. The number of carbonyl (C=O) groups is 2. The zero-order valence-electron chi connectivity index (χ0n) is 33.4. The van der Waals surface area contributed by atoms with Gasteiger partial charge in [0.2, 0.25) is 0 Å². The van der Waals surface area contributed by atoms with Crippen molar-refractivity contribution in [1.82, 2.24) is 9.80 Å². The average molecular weight is 801 g/mol. The van der Waals surface area contributed by atoms with E-state index in [-0.39, 0.29) is 23.6 Å². The highest BCUT2D eigenvalue weighted by molar-refractivity contribution is 5.83. The standard InChI is InChI=1S/2C21H27NO2.C4H6O6/c2*1-16(21(24)19-7-9-20(23)10-8-19)22-13-11-18(12-14-22)15-17-5-3-2-4-6-17;5-1(3(7)8)2(6)4(9)10/h2*2-10,16,18,21,23-24H,11-15H2,1H3;1-2,5-6H,(H,7,8)(H,9,10)/t;;1-,2+. The quantitative estimate of drug-likeness (QED) is 0.0856. The Balaban J connectivity index is 0.000000209. The fourth-order valence-electron chi connectivity index (χ4n) is 7.59. The van der Waals surface area contributed by atoms with Gasteiger partial charge in [-0.15, -0.1) is 0 Å². The van der Waals surface area contributed by atoms with Gasteiger partial charge in [-0.1, -0.05) is 84.9 Å². The second-order valence-electron chi connectivity index (χ2n) is 15.5. The molecular weight excluding hydrogens is 741 g/mol. The van der Waals surface area contributed by atoms with Crippen molar-refractivity contribution in [2.24, 2.45) is 11.8 Å². The van der Waals surface area contributed by atoms with Crippen molar-refractivity contribution in [1.29, 1.82) is 0 Å². The predicted octanol–water partition coefficient (Wildman–Crippen LogP) is 5.42. The van der Waals surface area contributed by atoms with E-state index in [0.717, 1.165) is 62.0 Å². The van der Waals surface area contributed by atoms with Crippen LogP contribution < -0.4 is 0 Å². The van der Waals surface area contributed by atoms with Gasteiger partial charge in [0.25, 0.3) is 0 Å². The van der Waals surface area contributed by atoms with Gasteiger partial charge in [-0.2, -0.15) is 0 Å². The van der Waals surface area contributed by atoms with Crippen LogP contribution >= 0.6 is 0 Å². The molecule has 2 heterocycles. The number of phenols is 2. The molecule has 58 heavy (non-hydrogen) atoms. The zero-order valence-corrected chi connectivity index (χ0v) is 33.4. The Morgan fingerprint density at radius 3 is 1.09 bits per heavy atom. The van der Waals surface area contributed by atoms with Gasteiger partial charge < -0.3 is 40.9 Å². The number of nitrogens with zero attached hydrogens (tertiary/aromatic N) is 2. The molecule has 0 bridgehead atoms. The number of aromatic hydroxyl groups is 2. The maximum absolute atomic E-state index is 10.6. The molecule has 0 amide bonds. The van der Waals surface area contributed by atoms with Crippen molar-refractivity contribution in [3.8, 4) is 11.5 Å². The number of piperidine rings is 2. The van der Waals surface area contributed by atoms with Gasteiger partial charge in [-0.05, 0) is 137 Å². The third-order valence-corrected chi connectivity index (χ3v) is 11.4. The number of aliphatic carboxylic acids is 2. The minimum Gasteiger partial charge on any atom is -0.508 e. The van der Waals surface area contributed by atoms with E-state index in [1.165, 1.54) is 36.8 Å². The molecule has 2 saturated heterocycles. The summed E-state index contributed by atoms with van der Waals surface area (Å²) >= 11 is 0. The monoisotopic (exact) mass is 800 g/mol. The van der Waals surface area contributed by atoms with Crippen molar-refractivity contribution in [3.05, 3.63) is 131 Å². The molecule has 12 nitrogen and oxygen atoms in total. The minimum absolute atomic E-state index is 0.0900. The van der Waals surface area contributed by atoms with Crippen LogP contribution in [0.5, 0.6) is 11.5 Å². The second-order valence-corrected chi connectivity index (χ2v) is 15.5. The third kappa shape index (κ3) is 14.2. The first-order chi connectivity index (χ1) is 27.7. The molecule has 0 radical (unpaired) electrons. The second kappa shape index (κ2) is 22.9. The first kappa shape index (κ1) is 45.9. The van der Waals surface area contributed by atoms with Gasteiger partial charge >= 0.3 is 11.9 Å². The Labute approximate surface area is 341 Å². The van der Waals surface area contributed by atoms with Gasteiger partial charge in [0.1, 0.15) is 11.5 Å². The molecule has 0 aromatic heterocycles. The molecule has 0 spiro atoms. The Hall–Kier alpha value is -4.82. The Morgan fingerprint density at radius 1 is 0.517 bits per heavy atom. The Bertz CT molecular complexity index is 1650. The number of hydrogen-bond acceptors (Lipinski definition) is 10. The molecule has 4 aromatic carbocycles. The van der Waals surface area contributed by atoms with E-state index in [1.54, 1.807) is 48.5 Å². The first-order valence-electron chi connectivity index (χ1n) is 20.0. The number of hydrogen-bond donors (Lipinski definition) is 8.